The van der Waals surface area contributed by atoms with Crippen molar-refractivity contribution in [3.05, 3.63) is 54.7 Å². The number of pyridine rings is 1. The van der Waals surface area contributed by atoms with Crippen LogP contribution < -0.4 is 8.79 Å². The van der Waals surface area contributed by atoms with E-state index < -0.39 is 13.3 Å². The number of nitrogens with zero attached hydrogens (tertiary/aromatic N) is 1. The second kappa shape index (κ2) is 4.64. The van der Waals surface area contributed by atoms with E-state index in [2.05, 4.69) is 54.0 Å². The summed E-state index contributed by atoms with van der Waals surface area (Å²) in [6.07, 6.45) is 1.99. The number of hydrogen-bond donors (Lipinski definition) is 0. The molecule has 5 rings (SSSR count). The van der Waals surface area contributed by atoms with Crippen LogP contribution in [-0.2, 0) is 20.1 Å². The van der Waals surface area contributed by atoms with Gasteiger partial charge in [0, 0.05) is 20.1 Å². The molecule has 1 aromatic heterocycles. The zero-order valence-electron chi connectivity index (χ0n) is 12.4. The molecule has 0 N–H and O–H groups in total. The molecule has 22 heavy (non-hydrogen) atoms. The maximum atomic E-state index is 4.72. The molecule has 109 valence electrons. The van der Waals surface area contributed by atoms with Crippen molar-refractivity contribution in [3.63, 3.8) is 0 Å². The summed E-state index contributed by atoms with van der Waals surface area (Å²) < 4.78 is 3.18. The van der Waals surface area contributed by atoms with Crippen molar-refractivity contribution in [2.45, 2.75) is 11.5 Å². The Bertz CT molecular complexity index is 985. The maximum absolute atomic E-state index is 4.72. The van der Waals surface area contributed by atoms with Gasteiger partial charge in [0.2, 0.25) is 0 Å². The van der Waals surface area contributed by atoms with Crippen molar-refractivity contribution in [2.75, 3.05) is 0 Å². The Morgan fingerprint density at radius 1 is 0.909 bits per heavy atom. The van der Waals surface area contributed by atoms with Gasteiger partial charge in [-0.25, -0.2) is 0 Å². The fourth-order valence-electron chi connectivity index (χ4n) is 3.99. The molecular formula is C19H14GeIrN-. The van der Waals surface area contributed by atoms with E-state index in [0.29, 0.717) is 0 Å². The summed E-state index contributed by atoms with van der Waals surface area (Å²) >= 11 is -2.17. The topological polar surface area (TPSA) is 12.9 Å². The fraction of sp³-hybridized carbons (Fsp3) is 0.105. The van der Waals surface area contributed by atoms with Crippen LogP contribution in [0.3, 0.4) is 0 Å². The second-order valence-corrected chi connectivity index (χ2v) is 15.5. The summed E-state index contributed by atoms with van der Waals surface area (Å²) in [5, 5.41) is 6.69. The van der Waals surface area contributed by atoms with Gasteiger partial charge in [0.1, 0.15) is 0 Å². The van der Waals surface area contributed by atoms with Gasteiger partial charge in [-0.2, -0.15) is 0 Å². The van der Waals surface area contributed by atoms with Gasteiger partial charge in [-0.05, 0) is 0 Å². The SMILES string of the molecule is [CH3][Ge]1([CH3])[c]2cccc3c4ccc[c-]c4c4ncc[c]1c4c23.[Ir]. The molecule has 3 heteroatoms. The van der Waals surface area contributed by atoms with E-state index in [1.165, 1.54) is 26.9 Å². The Labute approximate surface area is 145 Å². The van der Waals surface area contributed by atoms with Crippen LogP contribution in [-0.4, -0.2) is 18.3 Å². The smallest absolute Gasteiger partial charge is 0 e. The quantitative estimate of drug-likeness (QED) is 0.196. The molecule has 3 aromatic carbocycles. The van der Waals surface area contributed by atoms with Crippen LogP contribution in [0.2, 0.25) is 11.5 Å². The van der Waals surface area contributed by atoms with Crippen LogP contribution in [0.15, 0.2) is 48.7 Å². The van der Waals surface area contributed by atoms with Crippen LogP contribution in [0.5, 0.6) is 0 Å². The molecular weight excluding hydrogens is 507 g/mol. The Morgan fingerprint density at radius 3 is 2.55 bits per heavy atom. The molecule has 0 atom stereocenters. The molecule has 0 saturated heterocycles. The monoisotopic (exact) mass is 523 g/mol. The number of fused-ring (bicyclic) bond motifs is 3. The predicted octanol–water partition coefficient (Wildman–Crippen LogP) is 3.47. The van der Waals surface area contributed by atoms with Gasteiger partial charge in [-0.1, -0.05) is 0 Å². The molecule has 0 bridgehead atoms. The molecule has 0 fully saturated rings. The van der Waals surface area contributed by atoms with Crippen LogP contribution in [0.25, 0.3) is 32.4 Å². The first-order valence-corrected chi connectivity index (χ1v) is 13.6. The molecule has 0 unspecified atom stereocenters. The molecule has 1 aliphatic heterocycles. The average Bonchev–Trinajstić information content (AvgIpc) is 2.76. The van der Waals surface area contributed by atoms with Crippen molar-refractivity contribution in [2.24, 2.45) is 0 Å². The molecule has 4 aromatic rings. The molecule has 0 saturated carbocycles. The van der Waals surface area contributed by atoms with Crippen molar-refractivity contribution < 1.29 is 20.1 Å². The molecule has 2 heterocycles. The third kappa shape index (κ3) is 1.56. The fourth-order valence-corrected chi connectivity index (χ4v) is 10.4. The zero-order chi connectivity index (χ0) is 14.2. The Hall–Kier alpha value is -1.22. The maximum Gasteiger partial charge on any atom is 0 e. The van der Waals surface area contributed by atoms with Crippen molar-refractivity contribution >= 4 is 54.5 Å². The summed E-state index contributed by atoms with van der Waals surface area (Å²) in [5.74, 6) is 5.00. The van der Waals surface area contributed by atoms with Crippen molar-refractivity contribution in [1.29, 1.82) is 0 Å². The predicted molar refractivity (Wildman–Crippen MR) is 92.3 cm³/mol. The van der Waals surface area contributed by atoms with E-state index in [1.54, 1.807) is 8.79 Å². The molecule has 1 nitrogen and oxygen atoms in total. The minimum atomic E-state index is -2.17. The van der Waals surface area contributed by atoms with Crippen LogP contribution >= 0.6 is 0 Å². The van der Waals surface area contributed by atoms with E-state index in [4.69, 9.17) is 4.98 Å². The number of hydrogen-bond acceptors (Lipinski definition) is 1. The van der Waals surface area contributed by atoms with Crippen molar-refractivity contribution in [1.82, 2.24) is 4.98 Å². The van der Waals surface area contributed by atoms with Crippen LogP contribution in [0.4, 0.5) is 0 Å². The van der Waals surface area contributed by atoms with Crippen LogP contribution in [0, 0.1) is 6.07 Å². The number of benzene rings is 3. The zero-order valence-corrected chi connectivity index (χ0v) is 16.9. The first-order valence-electron chi connectivity index (χ1n) is 7.34. The van der Waals surface area contributed by atoms with E-state index in [-0.39, 0.29) is 20.1 Å². The van der Waals surface area contributed by atoms with E-state index in [9.17, 15) is 0 Å². The third-order valence-electron chi connectivity index (χ3n) is 5.00. The summed E-state index contributed by atoms with van der Waals surface area (Å²) in [7, 11) is 0. The molecule has 1 radical (unpaired) electrons. The first-order chi connectivity index (χ1) is 10.2. The summed E-state index contributed by atoms with van der Waals surface area (Å²) in [4.78, 5) is 4.72. The summed E-state index contributed by atoms with van der Waals surface area (Å²) in [6, 6.07) is 18.8. The molecule has 0 amide bonds. The number of rotatable bonds is 0. The van der Waals surface area contributed by atoms with Gasteiger partial charge >= 0.3 is 126 Å². The normalized spacial score (nSPS) is 14.8. The molecule has 0 aliphatic carbocycles. The van der Waals surface area contributed by atoms with Gasteiger partial charge in [0.15, 0.2) is 0 Å². The molecule has 0 spiro atoms. The van der Waals surface area contributed by atoms with Gasteiger partial charge in [-0.15, -0.1) is 0 Å². The van der Waals surface area contributed by atoms with E-state index in [0.717, 1.165) is 5.52 Å². The van der Waals surface area contributed by atoms with Crippen LogP contribution in [0.1, 0.15) is 0 Å². The number of aromatic nitrogens is 1. The first kappa shape index (κ1) is 14.4. The van der Waals surface area contributed by atoms with E-state index >= 15 is 0 Å². The average molecular weight is 521 g/mol. The van der Waals surface area contributed by atoms with Gasteiger partial charge in [0.25, 0.3) is 0 Å². The largest absolute Gasteiger partial charge is 0 e. The Balaban J connectivity index is 0.00000125. The minimum Gasteiger partial charge on any atom is 0 e. The molecule has 1 aliphatic rings. The van der Waals surface area contributed by atoms with Gasteiger partial charge in [-0.3, -0.25) is 0 Å². The third-order valence-corrected chi connectivity index (χ3v) is 12.4. The Morgan fingerprint density at radius 2 is 1.68 bits per heavy atom. The summed E-state index contributed by atoms with van der Waals surface area (Å²) in [6.45, 7) is 0. The second-order valence-electron chi connectivity index (χ2n) is 6.39. The van der Waals surface area contributed by atoms with E-state index in [1.807, 2.05) is 12.3 Å². The van der Waals surface area contributed by atoms with Crippen molar-refractivity contribution in [3.8, 4) is 0 Å². The Kier molecular flexibility index (Phi) is 3.03. The van der Waals surface area contributed by atoms with Gasteiger partial charge < -0.3 is 0 Å². The van der Waals surface area contributed by atoms with Gasteiger partial charge in [0.05, 0.1) is 0 Å². The standard InChI is InChI=1S/C19H14GeN.Ir/c1-20(2)15-9-5-8-13-12-6-3-4-7-14(12)19-18(17(13)15)16(20)10-11-21-19;/h3-6,8-11H,1-2H3;/q-1;. The summed E-state index contributed by atoms with van der Waals surface area (Å²) in [5.41, 5.74) is 1.14. The minimum absolute atomic E-state index is 0.